The fourth-order valence-electron chi connectivity index (χ4n) is 7.49. The molecular weight excluding hydrogens is 675 g/mol. The van der Waals surface area contributed by atoms with Crippen molar-refractivity contribution < 1.29 is 38.6 Å². The summed E-state index contributed by atoms with van der Waals surface area (Å²) < 4.78 is 12.1. The molecule has 3 aromatic rings. The number of Topliss-reactive ketones (excluding diaryl/α,β-unsaturated/α-hetero) is 1. The first kappa shape index (κ1) is 34.6. The molecule has 2 aliphatic heterocycles. The predicted molar refractivity (Wildman–Crippen MR) is 187 cm³/mol. The van der Waals surface area contributed by atoms with Gasteiger partial charge < -0.3 is 30.1 Å². The summed E-state index contributed by atoms with van der Waals surface area (Å²) in [7, 11) is 0. The monoisotopic (exact) mass is 715 g/mol. The zero-order valence-electron chi connectivity index (χ0n) is 28.1. The number of nitrogens with zero attached hydrogens (tertiary/aromatic N) is 3. The second kappa shape index (κ2) is 14.8. The zero-order chi connectivity index (χ0) is 35.5. The number of aromatic nitrogens is 2. The maximum atomic E-state index is 14.4. The van der Waals surface area contributed by atoms with Crippen molar-refractivity contribution in [1.82, 2.24) is 25.5 Å². The summed E-state index contributed by atoms with van der Waals surface area (Å²) in [6.07, 6.45) is 9.04. The normalized spacial score (nSPS) is 27.7. The first-order valence-electron chi connectivity index (χ1n) is 17.7. The summed E-state index contributed by atoms with van der Waals surface area (Å²) >= 11 is 1.47. The van der Waals surface area contributed by atoms with Crippen molar-refractivity contribution in [1.29, 1.82) is 0 Å². The van der Waals surface area contributed by atoms with E-state index in [4.69, 9.17) is 19.4 Å². The van der Waals surface area contributed by atoms with Crippen LogP contribution in [0.2, 0.25) is 0 Å². The number of allylic oxidation sites excluding steroid dienone is 1. The number of carboxylic acids is 1. The lowest BCUT2D eigenvalue weighted by molar-refractivity contribution is -0.151. The number of carboxylic acid groups (broad SMARTS) is 1. The number of hydrogen-bond acceptors (Lipinski definition) is 10. The Balaban J connectivity index is 1.20. The highest BCUT2D eigenvalue weighted by atomic mass is 32.1. The molecule has 268 valence electrons. The molecule has 3 fully saturated rings. The van der Waals surface area contributed by atoms with Gasteiger partial charge in [0.25, 0.3) is 5.78 Å². The van der Waals surface area contributed by atoms with Crippen LogP contribution in [-0.4, -0.2) is 86.0 Å². The van der Waals surface area contributed by atoms with E-state index in [0.29, 0.717) is 36.0 Å². The van der Waals surface area contributed by atoms with Gasteiger partial charge in [0.05, 0.1) is 22.5 Å². The standard InChI is InChI=1S/C37H41N5O8S/c43-31(35(46)47)37-20-22(37)11-4-2-1-3-5-16-27(40-36(48)50-23-12-6-7-13-23)34(45)42-21-24(19-28(42)32(44)41-37)49-33-30(29-17-10-18-51-29)38-25-14-8-9-15-26(25)39-33/h4,8-11,14-15,17-18,22-24,27-28H,1-3,5-7,12-13,16,19-21H2,(H,40,48)(H,41,44)(H,46,47)/b11-4-/t22-,24+,27-,28-,37+/m0/s1. The summed E-state index contributed by atoms with van der Waals surface area (Å²) in [5.74, 6) is -4.10. The van der Waals surface area contributed by atoms with Crippen LogP contribution in [0, 0.1) is 5.92 Å². The second-order valence-corrected chi connectivity index (χ2v) is 14.8. The van der Waals surface area contributed by atoms with E-state index in [0.717, 1.165) is 43.4 Å². The molecule has 13 nitrogen and oxygen atoms in total. The summed E-state index contributed by atoms with van der Waals surface area (Å²) in [4.78, 5) is 78.4. The first-order chi connectivity index (χ1) is 24.7. The Morgan fingerprint density at radius 2 is 1.73 bits per heavy atom. The number of amides is 3. The molecule has 3 amide bonds. The Morgan fingerprint density at radius 1 is 0.961 bits per heavy atom. The van der Waals surface area contributed by atoms with Crippen molar-refractivity contribution >= 4 is 52.0 Å². The van der Waals surface area contributed by atoms with Crippen molar-refractivity contribution in [2.75, 3.05) is 6.54 Å². The van der Waals surface area contributed by atoms with Gasteiger partial charge in [-0.25, -0.2) is 19.6 Å². The molecule has 4 heterocycles. The number of nitrogens with one attached hydrogen (secondary N) is 2. The maximum absolute atomic E-state index is 14.4. The van der Waals surface area contributed by atoms with Crippen molar-refractivity contribution in [3.8, 4) is 16.5 Å². The molecule has 14 heteroatoms. The van der Waals surface area contributed by atoms with Crippen LogP contribution in [0.25, 0.3) is 21.6 Å². The number of ether oxygens (including phenoxy) is 2. The molecule has 5 atom stereocenters. The summed E-state index contributed by atoms with van der Waals surface area (Å²) in [5.41, 5.74) is 0.214. The van der Waals surface area contributed by atoms with Crippen molar-refractivity contribution in [3.05, 3.63) is 53.9 Å². The maximum Gasteiger partial charge on any atom is 0.408 e. The molecule has 51 heavy (non-hydrogen) atoms. The van der Waals surface area contributed by atoms with Crippen LogP contribution in [0.1, 0.15) is 70.6 Å². The van der Waals surface area contributed by atoms with Gasteiger partial charge in [-0.3, -0.25) is 14.4 Å². The van der Waals surface area contributed by atoms with Gasteiger partial charge >= 0.3 is 12.1 Å². The van der Waals surface area contributed by atoms with E-state index in [1.54, 1.807) is 6.08 Å². The average molecular weight is 716 g/mol. The Morgan fingerprint density at radius 3 is 2.47 bits per heavy atom. The highest BCUT2D eigenvalue weighted by Crippen LogP contribution is 2.46. The molecule has 7 rings (SSSR count). The van der Waals surface area contributed by atoms with Crippen LogP contribution in [0.4, 0.5) is 4.79 Å². The van der Waals surface area contributed by atoms with E-state index < -0.39 is 59.3 Å². The van der Waals surface area contributed by atoms with Crippen molar-refractivity contribution in [2.45, 2.75) is 100 Å². The van der Waals surface area contributed by atoms with Gasteiger partial charge in [-0.1, -0.05) is 43.2 Å². The number of alkyl carbamates (subject to hydrolysis) is 1. The van der Waals surface area contributed by atoms with Crippen LogP contribution in [0.3, 0.4) is 0 Å². The number of aliphatic carboxylic acids is 1. The molecule has 0 bridgehead atoms. The third-order valence-electron chi connectivity index (χ3n) is 10.3. The van der Waals surface area contributed by atoms with Crippen molar-refractivity contribution in [3.63, 3.8) is 0 Å². The highest BCUT2D eigenvalue weighted by Gasteiger charge is 2.62. The van der Waals surface area contributed by atoms with E-state index >= 15 is 0 Å². The molecule has 2 aromatic heterocycles. The van der Waals surface area contributed by atoms with Gasteiger partial charge in [0, 0.05) is 12.3 Å². The lowest BCUT2D eigenvalue weighted by Crippen LogP contribution is -2.57. The SMILES string of the molecule is O=C(N[C@H]1CCCCC/C=C\[C@H]2C[C@@]2(C(=O)C(=O)O)NC(=O)[C@@H]2C[C@@H](Oc3nc4ccccc4nc3-c3cccs3)CN2C1=O)OC1CCCC1. The van der Waals surface area contributed by atoms with Gasteiger partial charge in [0.15, 0.2) is 0 Å². The van der Waals surface area contributed by atoms with E-state index in [9.17, 15) is 29.1 Å². The second-order valence-electron chi connectivity index (χ2n) is 13.8. The number of carbonyl (C=O) groups is 5. The number of fused-ring (bicyclic) bond motifs is 3. The number of para-hydroxylation sites is 2. The van der Waals surface area contributed by atoms with Crippen LogP contribution < -0.4 is 15.4 Å². The summed E-state index contributed by atoms with van der Waals surface area (Å²) in [6, 6.07) is 9.12. The quantitative estimate of drug-likeness (QED) is 0.228. The van der Waals surface area contributed by atoms with Gasteiger partial charge in [-0.05, 0) is 74.9 Å². The molecule has 1 saturated heterocycles. The lowest BCUT2D eigenvalue weighted by atomic mass is 10.0. The number of benzene rings is 1. The van der Waals surface area contributed by atoms with Crippen LogP contribution in [-0.2, 0) is 23.9 Å². The topological polar surface area (TPSA) is 177 Å². The summed E-state index contributed by atoms with van der Waals surface area (Å²) in [6.45, 7) is -0.0195. The Labute approximate surface area is 298 Å². The molecule has 0 spiro atoms. The third-order valence-corrected chi connectivity index (χ3v) is 11.2. The van der Waals surface area contributed by atoms with Crippen molar-refractivity contribution in [2.24, 2.45) is 5.92 Å². The number of hydrogen-bond donors (Lipinski definition) is 3. The minimum Gasteiger partial charge on any atom is -0.475 e. The minimum atomic E-state index is -1.63. The smallest absolute Gasteiger partial charge is 0.408 e. The molecular formula is C37H41N5O8S. The van der Waals surface area contributed by atoms with E-state index in [2.05, 4.69) is 10.6 Å². The predicted octanol–water partition coefficient (Wildman–Crippen LogP) is 4.79. The molecule has 2 aliphatic carbocycles. The molecule has 4 aliphatic rings. The zero-order valence-corrected chi connectivity index (χ0v) is 28.9. The first-order valence-corrected chi connectivity index (χ1v) is 18.6. The van der Waals surface area contributed by atoms with Crippen LogP contribution >= 0.6 is 11.3 Å². The van der Waals surface area contributed by atoms with Crippen LogP contribution in [0.5, 0.6) is 5.88 Å². The largest absolute Gasteiger partial charge is 0.475 e. The molecule has 2 saturated carbocycles. The van der Waals surface area contributed by atoms with Gasteiger partial charge in [-0.2, -0.15) is 0 Å². The van der Waals surface area contributed by atoms with E-state index in [-0.39, 0.29) is 31.4 Å². The van der Waals surface area contributed by atoms with Gasteiger partial charge in [0.1, 0.15) is 35.5 Å². The number of ketones is 1. The Hall–Kier alpha value is -4.85. The van der Waals surface area contributed by atoms with E-state index in [1.807, 2.05) is 47.9 Å². The third kappa shape index (κ3) is 7.46. The number of thiophene rings is 1. The lowest BCUT2D eigenvalue weighted by Gasteiger charge is -2.29. The molecule has 0 radical (unpaired) electrons. The van der Waals surface area contributed by atoms with Gasteiger partial charge in [0.2, 0.25) is 17.7 Å². The summed E-state index contributed by atoms with van der Waals surface area (Å²) in [5, 5.41) is 17.1. The molecule has 1 aromatic carbocycles. The van der Waals surface area contributed by atoms with Gasteiger partial charge in [-0.15, -0.1) is 11.3 Å². The fourth-order valence-corrected chi connectivity index (χ4v) is 8.19. The minimum absolute atomic E-state index is 0.0195. The highest BCUT2D eigenvalue weighted by molar-refractivity contribution is 7.13. The number of carbonyl (C=O) groups excluding carboxylic acids is 4. The Kier molecular flexibility index (Phi) is 10.0. The fraction of sp³-hybridized carbons (Fsp3) is 0.486. The van der Waals surface area contributed by atoms with E-state index in [1.165, 1.54) is 16.2 Å². The van der Waals surface area contributed by atoms with Crippen LogP contribution in [0.15, 0.2) is 53.9 Å². The number of rotatable bonds is 7. The molecule has 0 unspecified atom stereocenters. The Bertz CT molecular complexity index is 1840. The average Bonchev–Trinajstić information content (AvgIpc) is 3.62. The molecule has 3 N–H and O–H groups in total.